The third-order valence-electron chi connectivity index (χ3n) is 12.4. The number of esters is 1. The molecule has 0 bridgehead atoms. The van der Waals surface area contributed by atoms with Crippen LogP contribution in [0, 0.1) is 11.3 Å². The van der Waals surface area contributed by atoms with Gasteiger partial charge in [-0.05, 0) is 107 Å². The summed E-state index contributed by atoms with van der Waals surface area (Å²) < 4.78 is 12.6. The van der Waals surface area contributed by atoms with Crippen LogP contribution < -0.4 is 0 Å². The van der Waals surface area contributed by atoms with Gasteiger partial charge in [0.15, 0.2) is 0 Å². The molecule has 2 fully saturated rings. The quantitative estimate of drug-likeness (QED) is 0.0395. The molecule has 0 aromatic heterocycles. The zero-order valence-electron chi connectivity index (χ0n) is 35.4. The molecule has 0 aromatic rings. The first-order valence-corrected chi connectivity index (χ1v) is 23.3. The van der Waals surface area contributed by atoms with Crippen LogP contribution in [0.15, 0.2) is 11.3 Å². The topological polar surface area (TPSA) is 59.0 Å². The molecule has 2 aliphatic rings. The molecule has 52 heavy (non-hydrogen) atoms. The molecule has 5 nitrogen and oxygen atoms in total. The third kappa shape index (κ3) is 23.0. The highest BCUT2D eigenvalue weighted by Gasteiger charge is 2.34. The summed E-state index contributed by atoms with van der Waals surface area (Å²) in [7, 11) is 0. The Morgan fingerprint density at radius 3 is 1.67 bits per heavy atom. The van der Waals surface area contributed by atoms with Crippen LogP contribution in [0.5, 0.6) is 0 Å². The molecule has 1 aliphatic carbocycles. The zero-order chi connectivity index (χ0) is 37.5. The minimum absolute atomic E-state index is 0.000964. The number of aliphatic hydroxyl groups excluding tert-OH is 1. The first kappa shape index (κ1) is 47.1. The normalized spacial score (nSPS) is 18.2. The number of nitrogens with zero attached hydrogens (tertiary/aromatic N) is 1. The maximum Gasteiger partial charge on any atom is 0.305 e. The number of unbranched alkanes of at least 4 members (excludes halogenated alkanes) is 18. The predicted octanol–water partition coefficient (Wildman–Crippen LogP) is 13.7. The van der Waals surface area contributed by atoms with E-state index in [9.17, 15) is 9.90 Å². The maximum absolute atomic E-state index is 12.5. The van der Waals surface area contributed by atoms with Crippen molar-refractivity contribution in [2.75, 3.05) is 32.8 Å². The Kier molecular flexibility index (Phi) is 28.2. The molecule has 2 rings (SSSR count). The highest BCUT2D eigenvalue weighted by molar-refractivity contribution is 5.69. The number of piperidine rings is 1. The third-order valence-corrected chi connectivity index (χ3v) is 12.4. The summed E-state index contributed by atoms with van der Waals surface area (Å²) in [6.07, 6.45) is 40.2. The first-order chi connectivity index (χ1) is 25.5. The van der Waals surface area contributed by atoms with Crippen molar-refractivity contribution in [3.05, 3.63) is 11.3 Å². The Balaban J connectivity index is 1.83. The lowest BCUT2D eigenvalue weighted by Crippen LogP contribution is -2.41. The van der Waals surface area contributed by atoms with Crippen LogP contribution in [0.4, 0.5) is 0 Å². The second-order valence-electron chi connectivity index (χ2n) is 17.2. The molecule has 1 heterocycles. The summed E-state index contributed by atoms with van der Waals surface area (Å²) in [6, 6.07) is 0. The smallest absolute Gasteiger partial charge is 0.305 e. The fourth-order valence-electron chi connectivity index (χ4n) is 8.61. The minimum atomic E-state index is -0.000964. The van der Waals surface area contributed by atoms with Gasteiger partial charge in [0.1, 0.15) is 0 Å². The van der Waals surface area contributed by atoms with Gasteiger partial charge in [0, 0.05) is 19.4 Å². The first-order valence-electron chi connectivity index (χ1n) is 23.3. The number of aliphatic hydroxyl groups is 1. The Morgan fingerprint density at radius 1 is 0.692 bits per heavy atom. The second-order valence-corrected chi connectivity index (χ2v) is 17.2. The summed E-state index contributed by atoms with van der Waals surface area (Å²) >= 11 is 0. The van der Waals surface area contributed by atoms with Gasteiger partial charge in [0.05, 0.1) is 25.1 Å². The molecule has 0 amide bonds. The number of β-amino-alcohol motifs (C(OH)–C–C–N with tert-alkyl or cyclic N) is 1. The van der Waals surface area contributed by atoms with Gasteiger partial charge >= 0.3 is 5.97 Å². The SMILES string of the molecule is CCCCCCCCCOC(=O)CCCCC1(CCCCC(OC(CCCCCCCC)CCCCCCCC)=C2C[C@H]2C)CCN(CCO)CC1. The number of hydrogen-bond donors (Lipinski definition) is 1. The van der Waals surface area contributed by atoms with Crippen LogP contribution >= 0.6 is 0 Å². The van der Waals surface area contributed by atoms with E-state index in [-0.39, 0.29) is 12.6 Å². The summed E-state index contributed by atoms with van der Waals surface area (Å²) in [5, 5.41) is 9.55. The standard InChI is InChI=1S/C47H89NO4/c1-5-8-11-14-17-20-27-40-51-46(50)31-24-26-33-47(34-36-48(37-35-47)38-39-49)32-25-23-30-45(44-41-42(44)4)52-43(28-21-18-15-12-9-6-2)29-22-19-16-13-10-7-3/h42-43,49H,5-41H2,1-4H3/t42-/m1/s1. The van der Waals surface area contributed by atoms with E-state index in [2.05, 4.69) is 32.6 Å². The Hall–Kier alpha value is -1.07. The predicted molar refractivity (Wildman–Crippen MR) is 223 cm³/mol. The Morgan fingerprint density at radius 2 is 1.17 bits per heavy atom. The number of hydrogen-bond acceptors (Lipinski definition) is 5. The summed E-state index contributed by atoms with van der Waals surface area (Å²) in [4.78, 5) is 14.9. The van der Waals surface area contributed by atoms with Gasteiger partial charge in [-0.25, -0.2) is 0 Å². The number of ether oxygens (including phenoxy) is 2. The van der Waals surface area contributed by atoms with Crippen LogP contribution in [-0.4, -0.2) is 54.9 Å². The van der Waals surface area contributed by atoms with E-state index in [1.54, 1.807) is 5.57 Å². The lowest BCUT2D eigenvalue weighted by Gasteiger charge is -2.42. The second kappa shape index (κ2) is 31.2. The lowest BCUT2D eigenvalue weighted by atomic mass is 9.71. The van der Waals surface area contributed by atoms with Gasteiger partial charge < -0.3 is 19.5 Å². The molecule has 0 unspecified atom stereocenters. The number of allylic oxidation sites excluding steroid dienone is 2. The van der Waals surface area contributed by atoms with Crippen molar-refractivity contribution < 1.29 is 19.4 Å². The van der Waals surface area contributed by atoms with Crippen LogP contribution in [0.2, 0.25) is 0 Å². The largest absolute Gasteiger partial charge is 0.495 e. The van der Waals surface area contributed by atoms with Crippen LogP contribution in [0.25, 0.3) is 0 Å². The molecule has 0 aromatic carbocycles. The van der Waals surface area contributed by atoms with Crippen molar-refractivity contribution in [1.82, 2.24) is 4.90 Å². The summed E-state index contributed by atoms with van der Waals surface area (Å²) in [5.41, 5.74) is 1.98. The fraction of sp³-hybridized carbons (Fsp3) is 0.936. The van der Waals surface area contributed by atoms with E-state index in [1.165, 1.54) is 179 Å². The van der Waals surface area contributed by atoms with E-state index in [0.29, 0.717) is 30.5 Å². The van der Waals surface area contributed by atoms with Crippen molar-refractivity contribution in [3.63, 3.8) is 0 Å². The van der Waals surface area contributed by atoms with E-state index in [1.807, 2.05) is 0 Å². The van der Waals surface area contributed by atoms with Gasteiger partial charge in [0.25, 0.3) is 0 Å². The average Bonchev–Trinajstić information content (AvgIpc) is 3.88. The Bertz CT molecular complexity index is 863. The lowest BCUT2D eigenvalue weighted by molar-refractivity contribution is -0.143. The molecule has 1 atom stereocenters. The van der Waals surface area contributed by atoms with E-state index < -0.39 is 0 Å². The molecular weight excluding hydrogens is 643 g/mol. The highest BCUT2D eigenvalue weighted by Crippen LogP contribution is 2.44. The number of rotatable bonds is 36. The van der Waals surface area contributed by atoms with E-state index in [0.717, 1.165) is 45.3 Å². The molecule has 1 saturated carbocycles. The van der Waals surface area contributed by atoms with Crippen molar-refractivity contribution in [2.45, 2.75) is 239 Å². The minimum Gasteiger partial charge on any atom is -0.495 e. The number of likely N-dealkylation sites (tertiary alicyclic amines) is 1. The van der Waals surface area contributed by atoms with Gasteiger partial charge in [-0.2, -0.15) is 0 Å². The average molecular weight is 732 g/mol. The fourth-order valence-corrected chi connectivity index (χ4v) is 8.61. The molecule has 306 valence electrons. The summed E-state index contributed by atoms with van der Waals surface area (Å²) in [5.74, 6) is 2.08. The van der Waals surface area contributed by atoms with Gasteiger partial charge in [-0.15, -0.1) is 0 Å². The van der Waals surface area contributed by atoms with Crippen molar-refractivity contribution >= 4 is 5.97 Å². The highest BCUT2D eigenvalue weighted by atomic mass is 16.5. The molecular formula is C47H89NO4. The van der Waals surface area contributed by atoms with Gasteiger partial charge in [-0.3, -0.25) is 4.79 Å². The van der Waals surface area contributed by atoms with Crippen molar-refractivity contribution in [3.8, 4) is 0 Å². The zero-order valence-corrected chi connectivity index (χ0v) is 35.4. The van der Waals surface area contributed by atoms with Crippen molar-refractivity contribution in [2.24, 2.45) is 11.3 Å². The molecule has 1 saturated heterocycles. The number of carbonyl (C=O) groups excluding carboxylic acids is 1. The van der Waals surface area contributed by atoms with Crippen LogP contribution in [0.3, 0.4) is 0 Å². The van der Waals surface area contributed by atoms with E-state index in [4.69, 9.17) is 9.47 Å². The maximum atomic E-state index is 12.5. The van der Waals surface area contributed by atoms with Gasteiger partial charge in [0.2, 0.25) is 0 Å². The molecule has 5 heteroatoms. The van der Waals surface area contributed by atoms with Crippen LogP contribution in [-0.2, 0) is 14.3 Å². The summed E-state index contributed by atoms with van der Waals surface area (Å²) in [6.45, 7) is 13.1. The van der Waals surface area contributed by atoms with Crippen LogP contribution in [0.1, 0.15) is 233 Å². The number of carbonyl (C=O) groups is 1. The molecule has 1 N–H and O–H groups in total. The monoisotopic (exact) mass is 732 g/mol. The Labute approximate surface area is 324 Å². The molecule has 0 spiro atoms. The van der Waals surface area contributed by atoms with Gasteiger partial charge in [-0.1, -0.05) is 143 Å². The van der Waals surface area contributed by atoms with E-state index >= 15 is 0 Å². The molecule has 1 aliphatic heterocycles. The molecule has 0 radical (unpaired) electrons. The van der Waals surface area contributed by atoms with Crippen molar-refractivity contribution in [1.29, 1.82) is 0 Å².